The van der Waals surface area contributed by atoms with Crippen LogP contribution in [0.15, 0.2) is 24.4 Å². The quantitative estimate of drug-likeness (QED) is 0.758. The summed E-state index contributed by atoms with van der Waals surface area (Å²) in [5.74, 6) is 0.490. The molecule has 2 aromatic rings. The van der Waals surface area contributed by atoms with Crippen LogP contribution < -0.4 is 11.5 Å². The summed E-state index contributed by atoms with van der Waals surface area (Å²) >= 11 is 6.41. The molecule has 1 heterocycles. The van der Waals surface area contributed by atoms with Gasteiger partial charge in [-0.15, -0.1) is 0 Å². The van der Waals surface area contributed by atoms with Crippen LogP contribution in [0.25, 0.3) is 10.8 Å². The van der Waals surface area contributed by atoms with Crippen LogP contribution in [0.3, 0.4) is 0 Å². The van der Waals surface area contributed by atoms with Crippen molar-refractivity contribution in [3.8, 4) is 0 Å². The van der Waals surface area contributed by atoms with Crippen molar-refractivity contribution in [1.29, 1.82) is 0 Å². The van der Waals surface area contributed by atoms with E-state index in [1.54, 1.807) is 6.20 Å². The Morgan fingerprint density at radius 2 is 2.17 bits per heavy atom. The monoisotopic (exact) mass is 334 g/mol. The number of benzene rings is 1. The van der Waals surface area contributed by atoms with Crippen molar-refractivity contribution in [2.75, 3.05) is 19.3 Å². The normalized spacial score (nSPS) is 14.1. The molecule has 5 nitrogen and oxygen atoms in total. The molecule has 1 aromatic carbocycles. The van der Waals surface area contributed by atoms with E-state index in [2.05, 4.69) is 22.9 Å². The summed E-state index contributed by atoms with van der Waals surface area (Å²) in [6.07, 6.45) is 3.95. The third kappa shape index (κ3) is 4.41. The van der Waals surface area contributed by atoms with E-state index in [-0.39, 0.29) is 6.04 Å². The van der Waals surface area contributed by atoms with Crippen molar-refractivity contribution in [3.63, 3.8) is 0 Å². The van der Waals surface area contributed by atoms with Crippen LogP contribution in [0.4, 0.5) is 5.82 Å². The standard InChI is InChI=1S/C17H23ClN4O/c1-11(22(2)6-4-14(19)10-23)7-13-8-12-3-5-21-17(20)15(12)9-16(13)18/h3,5,8-11,14H,4,6-7,19H2,1-2H3,(H2,20,21)/t11-,14?/m0/s1. The van der Waals surface area contributed by atoms with Crippen molar-refractivity contribution in [3.05, 3.63) is 35.0 Å². The Kier molecular flexibility index (Phi) is 5.93. The van der Waals surface area contributed by atoms with E-state index in [1.807, 2.05) is 19.2 Å². The van der Waals surface area contributed by atoms with Crippen LogP contribution in [0.1, 0.15) is 18.9 Å². The number of halogens is 1. The molecular weight excluding hydrogens is 312 g/mol. The Morgan fingerprint density at radius 1 is 1.43 bits per heavy atom. The summed E-state index contributed by atoms with van der Waals surface area (Å²) in [5.41, 5.74) is 12.6. The molecule has 0 bridgehead atoms. The number of fused-ring (bicyclic) bond motifs is 1. The number of aldehydes is 1. The number of hydrogen-bond donors (Lipinski definition) is 2. The van der Waals surface area contributed by atoms with E-state index in [1.165, 1.54) is 0 Å². The average molecular weight is 335 g/mol. The van der Waals surface area contributed by atoms with Crippen molar-refractivity contribution in [2.24, 2.45) is 5.73 Å². The number of pyridine rings is 1. The lowest BCUT2D eigenvalue weighted by Gasteiger charge is -2.25. The molecule has 0 fully saturated rings. The largest absolute Gasteiger partial charge is 0.383 e. The lowest BCUT2D eigenvalue weighted by molar-refractivity contribution is -0.109. The smallest absolute Gasteiger partial charge is 0.136 e. The topological polar surface area (TPSA) is 85.2 Å². The van der Waals surface area contributed by atoms with Gasteiger partial charge in [-0.25, -0.2) is 4.98 Å². The molecule has 0 aliphatic heterocycles. The zero-order valence-electron chi connectivity index (χ0n) is 13.5. The van der Waals surface area contributed by atoms with Crippen molar-refractivity contribution < 1.29 is 4.79 Å². The molecule has 1 aromatic heterocycles. The van der Waals surface area contributed by atoms with Crippen LogP contribution in [0, 0.1) is 0 Å². The molecule has 23 heavy (non-hydrogen) atoms. The van der Waals surface area contributed by atoms with Gasteiger partial charge in [0.15, 0.2) is 0 Å². The van der Waals surface area contributed by atoms with E-state index in [0.29, 0.717) is 17.3 Å². The number of aromatic nitrogens is 1. The molecule has 0 radical (unpaired) electrons. The lowest BCUT2D eigenvalue weighted by Crippen LogP contribution is -2.35. The molecule has 0 amide bonds. The molecule has 0 saturated heterocycles. The first-order valence-electron chi connectivity index (χ1n) is 7.66. The highest BCUT2D eigenvalue weighted by atomic mass is 35.5. The van der Waals surface area contributed by atoms with Crippen LogP contribution in [0.5, 0.6) is 0 Å². The number of rotatable bonds is 7. The van der Waals surface area contributed by atoms with Crippen molar-refractivity contribution >= 4 is 34.5 Å². The Morgan fingerprint density at radius 3 is 2.87 bits per heavy atom. The SMILES string of the molecule is C[C@@H](Cc1cc2ccnc(N)c2cc1Cl)N(C)CCC(N)C=O. The van der Waals surface area contributed by atoms with Gasteiger partial charge in [0.2, 0.25) is 0 Å². The number of likely N-dealkylation sites (N-methyl/N-ethyl adjacent to an activating group) is 1. The lowest BCUT2D eigenvalue weighted by atomic mass is 10.0. The molecule has 1 unspecified atom stereocenters. The summed E-state index contributed by atoms with van der Waals surface area (Å²) in [6.45, 7) is 2.90. The van der Waals surface area contributed by atoms with Gasteiger partial charge >= 0.3 is 0 Å². The van der Waals surface area contributed by atoms with Gasteiger partial charge in [-0.2, -0.15) is 0 Å². The van der Waals surface area contributed by atoms with E-state index in [9.17, 15) is 4.79 Å². The Bertz CT molecular complexity index is 692. The highest BCUT2D eigenvalue weighted by Gasteiger charge is 2.14. The number of nitrogen functional groups attached to an aromatic ring is 1. The fraction of sp³-hybridized carbons (Fsp3) is 0.412. The first-order valence-corrected chi connectivity index (χ1v) is 8.04. The minimum absolute atomic E-state index is 0.281. The zero-order valence-corrected chi connectivity index (χ0v) is 14.3. The number of hydrogen-bond acceptors (Lipinski definition) is 5. The van der Waals surface area contributed by atoms with Crippen LogP contribution in [-0.2, 0) is 11.2 Å². The van der Waals surface area contributed by atoms with Gasteiger partial charge in [0.25, 0.3) is 0 Å². The van der Waals surface area contributed by atoms with Gasteiger partial charge in [-0.05, 0) is 56.0 Å². The highest BCUT2D eigenvalue weighted by Crippen LogP contribution is 2.28. The fourth-order valence-electron chi connectivity index (χ4n) is 2.54. The van der Waals surface area contributed by atoms with Crippen LogP contribution in [0.2, 0.25) is 5.02 Å². The first-order chi connectivity index (χ1) is 10.9. The Balaban J connectivity index is 2.11. The van der Waals surface area contributed by atoms with Crippen molar-refractivity contribution in [2.45, 2.75) is 31.8 Å². The van der Waals surface area contributed by atoms with E-state index in [4.69, 9.17) is 23.1 Å². The maximum Gasteiger partial charge on any atom is 0.136 e. The molecule has 124 valence electrons. The molecule has 6 heteroatoms. The number of carbonyl (C=O) groups is 1. The van der Waals surface area contributed by atoms with E-state index < -0.39 is 6.04 Å². The molecule has 0 aliphatic carbocycles. The molecule has 2 atom stereocenters. The number of nitrogens with two attached hydrogens (primary N) is 2. The van der Waals surface area contributed by atoms with Gasteiger partial charge in [-0.3, -0.25) is 0 Å². The fourth-order valence-corrected chi connectivity index (χ4v) is 2.78. The van der Waals surface area contributed by atoms with Gasteiger partial charge in [0, 0.05) is 29.2 Å². The number of anilines is 1. The molecule has 4 N–H and O–H groups in total. The van der Waals surface area contributed by atoms with Crippen LogP contribution >= 0.6 is 11.6 Å². The van der Waals surface area contributed by atoms with Crippen LogP contribution in [-0.4, -0.2) is 41.8 Å². The maximum atomic E-state index is 10.6. The summed E-state index contributed by atoms with van der Waals surface area (Å²) in [6, 6.07) is 5.76. The molecule has 0 spiro atoms. The first kappa shape index (κ1) is 17.7. The predicted octanol–water partition coefficient (Wildman–Crippen LogP) is 2.25. The summed E-state index contributed by atoms with van der Waals surface area (Å²) in [7, 11) is 2.03. The number of carbonyl (C=O) groups excluding carboxylic acids is 1. The minimum Gasteiger partial charge on any atom is -0.383 e. The second-order valence-corrected chi connectivity index (χ2v) is 6.39. The van der Waals surface area contributed by atoms with Gasteiger partial charge in [0.1, 0.15) is 12.1 Å². The predicted molar refractivity (Wildman–Crippen MR) is 95.6 cm³/mol. The second-order valence-electron chi connectivity index (χ2n) is 5.98. The maximum absolute atomic E-state index is 10.6. The third-order valence-electron chi connectivity index (χ3n) is 4.22. The molecule has 0 saturated carbocycles. The Labute approximate surface area is 141 Å². The number of nitrogens with zero attached hydrogens (tertiary/aromatic N) is 2. The van der Waals surface area contributed by atoms with E-state index >= 15 is 0 Å². The highest BCUT2D eigenvalue weighted by molar-refractivity contribution is 6.32. The summed E-state index contributed by atoms with van der Waals surface area (Å²) in [4.78, 5) is 16.9. The van der Waals surface area contributed by atoms with Gasteiger partial charge in [-0.1, -0.05) is 11.6 Å². The molecular formula is C17H23ClN4O. The van der Waals surface area contributed by atoms with Crippen molar-refractivity contribution in [1.82, 2.24) is 9.88 Å². The second kappa shape index (κ2) is 7.73. The van der Waals surface area contributed by atoms with E-state index in [0.717, 1.165) is 35.6 Å². The average Bonchev–Trinajstić information content (AvgIpc) is 2.53. The minimum atomic E-state index is -0.399. The van der Waals surface area contributed by atoms with Gasteiger partial charge < -0.3 is 21.2 Å². The molecule has 0 aliphatic rings. The summed E-state index contributed by atoms with van der Waals surface area (Å²) in [5, 5.41) is 2.61. The third-order valence-corrected chi connectivity index (χ3v) is 4.57. The summed E-state index contributed by atoms with van der Waals surface area (Å²) < 4.78 is 0. The molecule has 2 rings (SSSR count). The Hall–Kier alpha value is -1.69. The van der Waals surface area contributed by atoms with Gasteiger partial charge in [0.05, 0.1) is 6.04 Å². The zero-order chi connectivity index (χ0) is 17.0.